The van der Waals surface area contributed by atoms with Gasteiger partial charge in [-0.3, -0.25) is 4.79 Å². The summed E-state index contributed by atoms with van der Waals surface area (Å²) in [6, 6.07) is 3.35. The molecule has 92 valence electrons. The van der Waals surface area contributed by atoms with E-state index in [9.17, 15) is 13.6 Å². The number of ketones is 1. The fourth-order valence-corrected chi connectivity index (χ4v) is 2.12. The van der Waals surface area contributed by atoms with Crippen LogP contribution < -0.4 is 5.32 Å². The van der Waals surface area contributed by atoms with Crippen LogP contribution in [-0.4, -0.2) is 18.9 Å². The Kier molecular flexibility index (Phi) is 3.84. The van der Waals surface area contributed by atoms with E-state index in [-0.39, 0.29) is 23.7 Å². The molecule has 1 aromatic rings. The SMILES string of the molecule is O=C(Cc1ccc(F)cc1F)C1CCCNC1. The van der Waals surface area contributed by atoms with Crippen LogP contribution >= 0.6 is 0 Å². The molecule has 0 bridgehead atoms. The maximum absolute atomic E-state index is 13.4. The Labute approximate surface area is 99.0 Å². The first kappa shape index (κ1) is 12.2. The van der Waals surface area contributed by atoms with E-state index in [0.717, 1.165) is 25.5 Å². The first-order valence-electron chi connectivity index (χ1n) is 5.84. The number of rotatable bonds is 3. The summed E-state index contributed by atoms with van der Waals surface area (Å²) in [6.07, 6.45) is 1.88. The van der Waals surface area contributed by atoms with Crippen LogP contribution in [0.3, 0.4) is 0 Å². The van der Waals surface area contributed by atoms with Crippen molar-refractivity contribution in [2.24, 2.45) is 5.92 Å². The smallest absolute Gasteiger partial charge is 0.141 e. The quantitative estimate of drug-likeness (QED) is 0.875. The van der Waals surface area contributed by atoms with Gasteiger partial charge in [0.2, 0.25) is 0 Å². The van der Waals surface area contributed by atoms with E-state index in [1.807, 2.05) is 0 Å². The lowest BCUT2D eigenvalue weighted by Crippen LogP contribution is -2.35. The highest BCUT2D eigenvalue weighted by Crippen LogP contribution is 2.16. The summed E-state index contributed by atoms with van der Waals surface area (Å²) >= 11 is 0. The van der Waals surface area contributed by atoms with Gasteiger partial charge in [-0.15, -0.1) is 0 Å². The minimum Gasteiger partial charge on any atom is -0.316 e. The van der Waals surface area contributed by atoms with Crippen LogP contribution in [0.1, 0.15) is 18.4 Å². The number of halogens is 2. The first-order chi connectivity index (χ1) is 8.16. The van der Waals surface area contributed by atoms with E-state index in [1.54, 1.807) is 0 Å². The molecular weight excluding hydrogens is 224 g/mol. The van der Waals surface area contributed by atoms with Crippen LogP contribution in [-0.2, 0) is 11.2 Å². The minimum absolute atomic E-state index is 0.0303. The Balaban J connectivity index is 2.02. The predicted octanol–water partition coefficient (Wildman–Crippen LogP) is 2.08. The minimum atomic E-state index is -0.637. The molecular formula is C13H15F2NO. The van der Waals surface area contributed by atoms with Gasteiger partial charge in [0.1, 0.15) is 17.4 Å². The average molecular weight is 239 g/mol. The lowest BCUT2D eigenvalue weighted by atomic mass is 9.91. The number of piperidine rings is 1. The van der Waals surface area contributed by atoms with Gasteiger partial charge in [-0.2, -0.15) is 0 Å². The van der Waals surface area contributed by atoms with Gasteiger partial charge in [-0.25, -0.2) is 8.78 Å². The summed E-state index contributed by atoms with van der Waals surface area (Å²) in [5.74, 6) is -1.25. The Morgan fingerprint density at radius 1 is 1.41 bits per heavy atom. The molecule has 1 aliphatic rings. The van der Waals surface area contributed by atoms with Crippen molar-refractivity contribution in [1.82, 2.24) is 5.32 Å². The molecule has 2 rings (SSSR count). The third-order valence-electron chi connectivity index (χ3n) is 3.13. The molecule has 1 saturated heterocycles. The lowest BCUT2D eigenvalue weighted by molar-refractivity contribution is -0.122. The van der Waals surface area contributed by atoms with Gasteiger partial charge in [-0.05, 0) is 31.0 Å². The monoisotopic (exact) mass is 239 g/mol. The summed E-state index contributed by atoms with van der Waals surface area (Å²) in [7, 11) is 0. The summed E-state index contributed by atoms with van der Waals surface area (Å²) < 4.78 is 26.1. The summed E-state index contributed by atoms with van der Waals surface area (Å²) in [4.78, 5) is 11.9. The first-order valence-corrected chi connectivity index (χ1v) is 5.84. The van der Waals surface area contributed by atoms with Gasteiger partial charge >= 0.3 is 0 Å². The summed E-state index contributed by atoms with van der Waals surface area (Å²) in [5.41, 5.74) is 0.280. The second kappa shape index (κ2) is 5.36. The Bertz CT molecular complexity index is 414. The molecule has 17 heavy (non-hydrogen) atoms. The zero-order valence-corrected chi connectivity index (χ0v) is 9.51. The maximum atomic E-state index is 13.4. The number of Topliss-reactive ketones (excluding diaryl/α,β-unsaturated/α-hetero) is 1. The molecule has 1 atom stereocenters. The summed E-state index contributed by atoms with van der Waals surface area (Å²) in [5, 5.41) is 3.15. The van der Waals surface area contributed by atoms with Crippen LogP contribution in [0.15, 0.2) is 18.2 Å². The fourth-order valence-electron chi connectivity index (χ4n) is 2.12. The third-order valence-corrected chi connectivity index (χ3v) is 3.13. The number of carbonyl (C=O) groups is 1. The zero-order chi connectivity index (χ0) is 12.3. The number of hydrogen-bond donors (Lipinski definition) is 1. The Morgan fingerprint density at radius 2 is 2.24 bits per heavy atom. The van der Waals surface area contributed by atoms with Crippen LogP contribution in [0.4, 0.5) is 8.78 Å². The van der Waals surface area contributed by atoms with Crippen molar-refractivity contribution in [3.8, 4) is 0 Å². The van der Waals surface area contributed by atoms with Gasteiger partial charge in [0.15, 0.2) is 0 Å². The largest absolute Gasteiger partial charge is 0.316 e. The number of carbonyl (C=O) groups excluding carboxylic acids is 1. The molecule has 0 aromatic heterocycles. The van der Waals surface area contributed by atoms with Crippen LogP contribution in [0.5, 0.6) is 0 Å². The van der Waals surface area contributed by atoms with E-state index >= 15 is 0 Å². The molecule has 1 unspecified atom stereocenters. The Morgan fingerprint density at radius 3 is 2.88 bits per heavy atom. The van der Waals surface area contributed by atoms with Gasteiger partial charge < -0.3 is 5.32 Å². The van der Waals surface area contributed by atoms with E-state index in [2.05, 4.69) is 5.32 Å². The second-order valence-corrected chi connectivity index (χ2v) is 4.42. The molecule has 2 nitrogen and oxygen atoms in total. The van der Waals surface area contributed by atoms with Crippen LogP contribution in [0.2, 0.25) is 0 Å². The van der Waals surface area contributed by atoms with E-state index in [4.69, 9.17) is 0 Å². The van der Waals surface area contributed by atoms with Gasteiger partial charge in [-0.1, -0.05) is 6.07 Å². The highest BCUT2D eigenvalue weighted by Gasteiger charge is 2.21. The molecule has 0 saturated carbocycles. The van der Waals surface area contributed by atoms with Crippen molar-refractivity contribution in [3.05, 3.63) is 35.4 Å². The molecule has 1 heterocycles. The van der Waals surface area contributed by atoms with Crippen molar-refractivity contribution in [3.63, 3.8) is 0 Å². The number of benzene rings is 1. The van der Waals surface area contributed by atoms with Crippen molar-refractivity contribution in [2.75, 3.05) is 13.1 Å². The van der Waals surface area contributed by atoms with Crippen LogP contribution in [0, 0.1) is 17.6 Å². The van der Waals surface area contributed by atoms with Crippen LogP contribution in [0.25, 0.3) is 0 Å². The molecule has 0 radical (unpaired) electrons. The van der Waals surface area contributed by atoms with Crippen molar-refractivity contribution in [2.45, 2.75) is 19.3 Å². The van der Waals surface area contributed by atoms with E-state index < -0.39 is 11.6 Å². The molecule has 0 aliphatic carbocycles. The molecule has 1 aliphatic heterocycles. The molecule has 0 amide bonds. The van der Waals surface area contributed by atoms with Gasteiger partial charge in [0, 0.05) is 24.9 Å². The third kappa shape index (κ3) is 3.09. The molecule has 1 fully saturated rings. The molecule has 4 heteroatoms. The van der Waals surface area contributed by atoms with Gasteiger partial charge in [0.05, 0.1) is 0 Å². The topological polar surface area (TPSA) is 29.1 Å². The fraction of sp³-hybridized carbons (Fsp3) is 0.462. The molecule has 1 N–H and O–H groups in total. The van der Waals surface area contributed by atoms with E-state index in [0.29, 0.717) is 6.54 Å². The zero-order valence-electron chi connectivity index (χ0n) is 9.51. The normalized spacial score (nSPS) is 20.2. The van der Waals surface area contributed by atoms with Crippen molar-refractivity contribution in [1.29, 1.82) is 0 Å². The predicted molar refractivity (Wildman–Crippen MR) is 60.7 cm³/mol. The standard InChI is InChI=1S/C13H15F2NO/c14-11-4-3-9(12(15)7-11)6-13(17)10-2-1-5-16-8-10/h3-4,7,10,16H,1-2,5-6,8H2. The lowest BCUT2D eigenvalue weighted by Gasteiger charge is -2.21. The number of hydrogen-bond acceptors (Lipinski definition) is 2. The maximum Gasteiger partial charge on any atom is 0.141 e. The molecule has 1 aromatic carbocycles. The summed E-state index contributed by atoms with van der Waals surface area (Å²) in [6.45, 7) is 1.61. The second-order valence-electron chi connectivity index (χ2n) is 4.42. The highest BCUT2D eigenvalue weighted by atomic mass is 19.1. The van der Waals surface area contributed by atoms with Crippen molar-refractivity contribution < 1.29 is 13.6 Å². The average Bonchev–Trinajstić information content (AvgIpc) is 2.34. The Hall–Kier alpha value is -1.29. The van der Waals surface area contributed by atoms with E-state index in [1.165, 1.54) is 12.1 Å². The van der Waals surface area contributed by atoms with Gasteiger partial charge in [0.25, 0.3) is 0 Å². The molecule has 0 spiro atoms. The highest BCUT2D eigenvalue weighted by molar-refractivity contribution is 5.83. The number of nitrogens with one attached hydrogen (secondary N) is 1. The van der Waals surface area contributed by atoms with Crippen molar-refractivity contribution >= 4 is 5.78 Å².